The van der Waals surface area contributed by atoms with Gasteiger partial charge in [0.2, 0.25) is 5.91 Å². The fraction of sp³-hybridized carbons (Fsp3) is 0.500. The standard InChI is InChI=1S/C16H22N2O4/c1-21-12-7-6-8-13(22-2)15(12)16(20)17-11-14(19)18-9-4-3-5-10-18/h6-8H,3-5,9-11H2,1-2H3,(H,17,20). The molecule has 0 unspecified atom stereocenters. The average Bonchev–Trinajstić information content (AvgIpc) is 2.59. The highest BCUT2D eigenvalue weighted by molar-refractivity contribution is 6.01. The number of hydrogen-bond acceptors (Lipinski definition) is 4. The smallest absolute Gasteiger partial charge is 0.259 e. The Hall–Kier alpha value is -2.24. The summed E-state index contributed by atoms with van der Waals surface area (Å²) in [6.45, 7) is 1.53. The molecule has 1 heterocycles. The van der Waals surface area contributed by atoms with Crippen LogP contribution in [0.3, 0.4) is 0 Å². The monoisotopic (exact) mass is 306 g/mol. The third-order valence-electron chi connectivity index (χ3n) is 3.76. The van der Waals surface area contributed by atoms with Gasteiger partial charge in [-0.15, -0.1) is 0 Å². The molecule has 22 heavy (non-hydrogen) atoms. The van der Waals surface area contributed by atoms with E-state index >= 15 is 0 Å². The van der Waals surface area contributed by atoms with Gasteiger partial charge in [-0.3, -0.25) is 9.59 Å². The molecule has 0 radical (unpaired) electrons. The Balaban J connectivity index is 2.01. The van der Waals surface area contributed by atoms with E-state index in [1.54, 1.807) is 23.1 Å². The van der Waals surface area contributed by atoms with Gasteiger partial charge in [-0.2, -0.15) is 0 Å². The van der Waals surface area contributed by atoms with Crippen LogP contribution in [0.2, 0.25) is 0 Å². The van der Waals surface area contributed by atoms with Gasteiger partial charge in [0.15, 0.2) is 0 Å². The first kappa shape index (κ1) is 16.1. The zero-order valence-electron chi connectivity index (χ0n) is 13.1. The average molecular weight is 306 g/mol. The maximum absolute atomic E-state index is 12.3. The summed E-state index contributed by atoms with van der Waals surface area (Å²) in [4.78, 5) is 26.2. The molecule has 1 fully saturated rings. The molecule has 0 spiro atoms. The quantitative estimate of drug-likeness (QED) is 0.894. The molecule has 0 atom stereocenters. The van der Waals surface area contributed by atoms with E-state index in [-0.39, 0.29) is 18.4 Å². The minimum atomic E-state index is -0.375. The van der Waals surface area contributed by atoms with Gasteiger partial charge in [-0.25, -0.2) is 0 Å². The number of piperidine rings is 1. The lowest BCUT2D eigenvalue weighted by atomic mass is 10.1. The number of likely N-dealkylation sites (tertiary alicyclic amines) is 1. The lowest BCUT2D eigenvalue weighted by Gasteiger charge is -2.26. The van der Waals surface area contributed by atoms with Crippen LogP contribution < -0.4 is 14.8 Å². The summed E-state index contributed by atoms with van der Waals surface area (Å²) in [6, 6.07) is 5.11. The molecule has 2 rings (SSSR count). The third kappa shape index (κ3) is 3.69. The van der Waals surface area contributed by atoms with Crippen LogP contribution in [0, 0.1) is 0 Å². The van der Waals surface area contributed by atoms with E-state index in [1.807, 2.05) is 0 Å². The number of amides is 2. The van der Waals surface area contributed by atoms with Gasteiger partial charge in [0.25, 0.3) is 5.91 Å². The Morgan fingerprint density at radius 2 is 1.68 bits per heavy atom. The highest BCUT2D eigenvalue weighted by atomic mass is 16.5. The first-order valence-electron chi connectivity index (χ1n) is 7.44. The topological polar surface area (TPSA) is 67.9 Å². The lowest BCUT2D eigenvalue weighted by Crippen LogP contribution is -2.42. The number of carbonyl (C=O) groups is 2. The fourth-order valence-electron chi connectivity index (χ4n) is 2.57. The lowest BCUT2D eigenvalue weighted by molar-refractivity contribution is -0.130. The van der Waals surface area contributed by atoms with Gasteiger partial charge < -0.3 is 19.7 Å². The maximum atomic E-state index is 12.3. The minimum absolute atomic E-state index is 0.0139. The van der Waals surface area contributed by atoms with E-state index in [9.17, 15) is 9.59 Å². The van der Waals surface area contributed by atoms with Gasteiger partial charge in [-0.1, -0.05) is 6.07 Å². The van der Waals surface area contributed by atoms with Crippen molar-refractivity contribution in [3.63, 3.8) is 0 Å². The van der Waals surface area contributed by atoms with Gasteiger partial charge in [0.05, 0.1) is 20.8 Å². The molecule has 0 bridgehead atoms. The molecular formula is C16H22N2O4. The number of nitrogens with zero attached hydrogens (tertiary/aromatic N) is 1. The first-order valence-corrected chi connectivity index (χ1v) is 7.44. The number of benzene rings is 1. The van der Waals surface area contributed by atoms with Crippen molar-refractivity contribution in [2.75, 3.05) is 33.9 Å². The van der Waals surface area contributed by atoms with Gasteiger partial charge in [-0.05, 0) is 31.4 Å². The molecule has 6 nitrogen and oxygen atoms in total. The van der Waals surface area contributed by atoms with Gasteiger partial charge >= 0.3 is 0 Å². The molecule has 0 aromatic heterocycles. The van der Waals surface area contributed by atoms with Crippen LogP contribution >= 0.6 is 0 Å². The Labute approximate surface area is 130 Å². The van der Waals surface area contributed by atoms with Crippen LogP contribution in [0.4, 0.5) is 0 Å². The van der Waals surface area contributed by atoms with Crippen molar-refractivity contribution in [2.45, 2.75) is 19.3 Å². The number of rotatable bonds is 5. The number of nitrogens with one attached hydrogen (secondary N) is 1. The third-order valence-corrected chi connectivity index (χ3v) is 3.76. The second-order valence-corrected chi connectivity index (χ2v) is 5.16. The zero-order chi connectivity index (χ0) is 15.9. The summed E-state index contributed by atoms with van der Waals surface area (Å²) in [6.07, 6.45) is 3.22. The molecule has 0 saturated carbocycles. The van der Waals surface area contributed by atoms with Crippen molar-refractivity contribution in [2.24, 2.45) is 0 Å². The summed E-state index contributed by atoms with van der Waals surface area (Å²) >= 11 is 0. The van der Waals surface area contributed by atoms with E-state index in [4.69, 9.17) is 9.47 Å². The molecule has 120 valence electrons. The van der Waals surface area contributed by atoms with Crippen molar-refractivity contribution in [3.8, 4) is 11.5 Å². The van der Waals surface area contributed by atoms with Crippen molar-refractivity contribution >= 4 is 11.8 Å². The largest absolute Gasteiger partial charge is 0.496 e. The number of carbonyl (C=O) groups excluding carboxylic acids is 2. The van der Waals surface area contributed by atoms with E-state index in [1.165, 1.54) is 14.2 Å². The second-order valence-electron chi connectivity index (χ2n) is 5.16. The molecular weight excluding hydrogens is 284 g/mol. The van der Waals surface area contributed by atoms with Crippen molar-refractivity contribution < 1.29 is 19.1 Å². The summed E-state index contributed by atoms with van der Waals surface area (Å²) in [5, 5.41) is 2.66. The molecule has 1 aromatic carbocycles. The summed E-state index contributed by atoms with van der Waals surface area (Å²) in [5.74, 6) is 0.408. The van der Waals surface area contributed by atoms with Crippen LogP contribution in [0.25, 0.3) is 0 Å². The Morgan fingerprint density at radius 3 is 2.23 bits per heavy atom. The van der Waals surface area contributed by atoms with E-state index < -0.39 is 0 Å². The summed E-state index contributed by atoms with van der Waals surface area (Å²) in [5.41, 5.74) is 0.305. The Bertz CT molecular complexity index is 517. The van der Waals surface area contributed by atoms with E-state index in [0.717, 1.165) is 32.4 Å². The van der Waals surface area contributed by atoms with Gasteiger partial charge in [0, 0.05) is 13.1 Å². The zero-order valence-corrected chi connectivity index (χ0v) is 13.1. The van der Waals surface area contributed by atoms with Crippen molar-refractivity contribution in [3.05, 3.63) is 23.8 Å². The normalized spacial score (nSPS) is 14.4. The number of ether oxygens (including phenoxy) is 2. The second kappa shape index (κ2) is 7.68. The van der Waals surface area contributed by atoms with Crippen LogP contribution in [0.5, 0.6) is 11.5 Å². The maximum Gasteiger partial charge on any atom is 0.259 e. The Morgan fingerprint density at radius 1 is 1.09 bits per heavy atom. The van der Waals surface area contributed by atoms with E-state index in [0.29, 0.717) is 17.1 Å². The molecule has 2 amide bonds. The van der Waals surface area contributed by atoms with Gasteiger partial charge in [0.1, 0.15) is 17.1 Å². The number of hydrogen-bond donors (Lipinski definition) is 1. The molecule has 6 heteroatoms. The highest BCUT2D eigenvalue weighted by Gasteiger charge is 2.21. The van der Waals surface area contributed by atoms with Crippen molar-refractivity contribution in [1.29, 1.82) is 0 Å². The molecule has 1 aromatic rings. The molecule has 1 aliphatic rings. The highest BCUT2D eigenvalue weighted by Crippen LogP contribution is 2.27. The summed E-state index contributed by atoms with van der Waals surface area (Å²) < 4.78 is 10.4. The molecule has 1 saturated heterocycles. The van der Waals surface area contributed by atoms with Crippen LogP contribution in [0.1, 0.15) is 29.6 Å². The number of methoxy groups -OCH3 is 2. The molecule has 0 aliphatic carbocycles. The van der Waals surface area contributed by atoms with Crippen LogP contribution in [0.15, 0.2) is 18.2 Å². The summed E-state index contributed by atoms with van der Waals surface area (Å²) in [7, 11) is 2.98. The predicted molar refractivity (Wildman–Crippen MR) is 82.3 cm³/mol. The fourth-order valence-corrected chi connectivity index (χ4v) is 2.57. The van der Waals surface area contributed by atoms with Crippen LogP contribution in [-0.4, -0.2) is 50.6 Å². The first-order chi connectivity index (χ1) is 10.7. The predicted octanol–water partition coefficient (Wildman–Crippen LogP) is 1.45. The Kier molecular flexibility index (Phi) is 5.63. The van der Waals surface area contributed by atoms with E-state index in [2.05, 4.69) is 5.32 Å². The SMILES string of the molecule is COc1cccc(OC)c1C(=O)NCC(=O)N1CCCCC1. The molecule has 1 aliphatic heterocycles. The van der Waals surface area contributed by atoms with Crippen molar-refractivity contribution in [1.82, 2.24) is 10.2 Å². The van der Waals surface area contributed by atoms with Crippen LogP contribution in [-0.2, 0) is 4.79 Å². The molecule has 1 N–H and O–H groups in total. The minimum Gasteiger partial charge on any atom is -0.496 e.